The van der Waals surface area contributed by atoms with Crippen LogP contribution in [0, 0.1) is 5.92 Å². The Morgan fingerprint density at radius 2 is 1.83 bits per heavy atom. The number of carbonyl (C=O) groups is 4. The first kappa shape index (κ1) is 30.8. The van der Waals surface area contributed by atoms with Gasteiger partial charge in [0.05, 0.1) is 29.9 Å². The Labute approximate surface area is 243 Å². The van der Waals surface area contributed by atoms with Gasteiger partial charge in [-0.25, -0.2) is 0 Å². The minimum atomic E-state index is -0.989. The molecule has 1 unspecified atom stereocenters. The summed E-state index contributed by atoms with van der Waals surface area (Å²) in [6, 6.07) is 4.44. The summed E-state index contributed by atoms with van der Waals surface area (Å²) in [5.74, 6) is -1.25. The number of nitrogens with two attached hydrogens (primary N) is 1. The molecule has 9 nitrogen and oxygen atoms in total. The van der Waals surface area contributed by atoms with E-state index in [0.29, 0.717) is 37.4 Å². The maximum absolute atomic E-state index is 13.3. The van der Waals surface area contributed by atoms with Crippen molar-refractivity contribution < 1.29 is 23.9 Å². The number of benzene rings is 1. The molecular formula is C32H44N4O5. The van der Waals surface area contributed by atoms with Crippen molar-refractivity contribution in [2.24, 2.45) is 11.7 Å². The summed E-state index contributed by atoms with van der Waals surface area (Å²) < 4.78 is 5.88. The van der Waals surface area contributed by atoms with Crippen LogP contribution in [0.25, 0.3) is 0 Å². The fraction of sp³-hybridized carbons (Fsp3) is 0.562. The number of nitrogens with zero attached hydrogens (tertiary/aromatic N) is 2. The Morgan fingerprint density at radius 3 is 2.59 bits per heavy atom. The number of imide groups is 1. The first-order valence-corrected chi connectivity index (χ1v) is 15.0. The summed E-state index contributed by atoms with van der Waals surface area (Å²) in [6.45, 7) is 10.1. The number of ether oxygens (including phenoxy) is 1. The number of amides is 2. The molecule has 2 fully saturated rings. The third-order valence-electron chi connectivity index (χ3n) is 8.33. The molecule has 2 amide bonds. The normalized spacial score (nSPS) is 23.2. The van der Waals surface area contributed by atoms with Gasteiger partial charge in [0.15, 0.2) is 11.6 Å². The third-order valence-corrected chi connectivity index (χ3v) is 8.33. The summed E-state index contributed by atoms with van der Waals surface area (Å²) in [5, 5.41) is 3.22. The second-order valence-corrected chi connectivity index (χ2v) is 11.3. The van der Waals surface area contributed by atoms with Crippen molar-refractivity contribution in [1.29, 1.82) is 0 Å². The zero-order chi connectivity index (χ0) is 29.4. The van der Waals surface area contributed by atoms with Crippen LogP contribution in [-0.4, -0.2) is 84.7 Å². The molecular weight excluding hydrogens is 520 g/mol. The largest absolute Gasteiger partial charge is 0.382 e. The molecule has 3 aliphatic rings. The Bertz CT molecular complexity index is 1170. The van der Waals surface area contributed by atoms with Gasteiger partial charge in [-0.3, -0.25) is 24.1 Å². The standard InChI is InChI=1S/C32H44N4O5/c1-3-17-35(18-5-4-7-23-10-12-24(33)13-11-23)19-21-41-20-16-34-26-9-6-8-25-29(26)32(40)36(31(25)39)27-14-15-28(37)22(2)30(27)38/h4,6-9,23-24,27,34H,2-3,5,10-21,33H2,1H3/b7-4-. The van der Waals surface area contributed by atoms with E-state index >= 15 is 0 Å². The first-order valence-electron chi connectivity index (χ1n) is 15.0. The quantitative estimate of drug-likeness (QED) is 0.115. The highest BCUT2D eigenvalue weighted by molar-refractivity contribution is 6.29. The summed E-state index contributed by atoms with van der Waals surface area (Å²) >= 11 is 0. The molecule has 0 spiro atoms. The highest BCUT2D eigenvalue weighted by Crippen LogP contribution is 2.33. The summed E-state index contributed by atoms with van der Waals surface area (Å²) in [5.41, 5.74) is 6.91. The van der Waals surface area contributed by atoms with Gasteiger partial charge in [0, 0.05) is 37.8 Å². The predicted molar refractivity (Wildman–Crippen MR) is 159 cm³/mol. The van der Waals surface area contributed by atoms with E-state index in [2.05, 4.69) is 35.9 Å². The number of carbonyl (C=O) groups excluding carboxylic acids is 4. The highest BCUT2D eigenvalue weighted by Gasteiger charge is 2.46. The van der Waals surface area contributed by atoms with E-state index in [4.69, 9.17) is 10.5 Å². The molecule has 2 aliphatic carbocycles. The van der Waals surface area contributed by atoms with E-state index in [1.807, 2.05) is 0 Å². The van der Waals surface area contributed by atoms with E-state index in [1.54, 1.807) is 18.2 Å². The molecule has 1 aromatic carbocycles. The molecule has 0 radical (unpaired) electrons. The summed E-state index contributed by atoms with van der Waals surface area (Å²) in [6.07, 6.45) is 11.7. The number of hydrogen-bond donors (Lipinski definition) is 2. The van der Waals surface area contributed by atoms with E-state index in [0.717, 1.165) is 50.2 Å². The summed E-state index contributed by atoms with van der Waals surface area (Å²) in [7, 11) is 0. The van der Waals surface area contributed by atoms with Crippen molar-refractivity contribution in [3.63, 3.8) is 0 Å². The second kappa shape index (κ2) is 14.7. The van der Waals surface area contributed by atoms with Crippen LogP contribution in [0.4, 0.5) is 5.69 Å². The van der Waals surface area contributed by atoms with Crippen molar-refractivity contribution in [1.82, 2.24) is 9.80 Å². The molecule has 1 atom stereocenters. The monoisotopic (exact) mass is 564 g/mol. The van der Waals surface area contributed by atoms with Gasteiger partial charge in [-0.1, -0.05) is 31.7 Å². The first-order chi connectivity index (χ1) is 19.8. The Morgan fingerprint density at radius 1 is 1.05 bits per heavy atom. The van der Waals surface area contributed by atoms with Crippen molar-refractivity contribution in [3.8, 4) is 0 Å². The lowest BCUT2D eigenvalue weighted by Gasteiger charge is -2.28. The van der Waals surface area contributed by atoms with Gasteiger partial charge in [0.1, 0.15) is 6.04 Å². The van der Waals surface area contributed by atoms with Crippen LogP contribution >= 0.6 is 0 Å². The van der Waals surface area contributed by atoms with Crippen LogP contribution in [0.1, 0.15) is 79.0 Å². The molecule has 1 aliphatic heterocycles. The van der Waals surface area contributed by atoms with Gasteiger partial charge in [0.25, 0.3) is 11.8 Å². The van der Waals surface area contributed by atoms with Gasteiger partial charge in [0.2, 0.25) is 0 Å². The van der Waals surface area contributed by atoms with Gasteiger partial charge in [-0.15, -0.1) is 0 Å². The van der Waals surface area contributed by atoms with Crippen molar-refractivity contribution in [2.45, 2.75) is 70.4 Å². The van der Waals surface area contributed by atoms with E-state index in [1.165, 1.54) is 12.8 Å². The van der Waals surface area contributed by atoms with Gasteiger partial charge < -0.3 is 20.7 Å². The number of fused-ring (bicyclic) bond motifs is 1. The van der Waals surface area contributed by atoms with Crippen LogP contribution in [0.2, 0.25) is 0 Å². The van der Waals surface area contributed by atoms with E-state index in [9.17, 15) is 19.2 Å². The smallest absolute Gasteiger partial charge is 0.264 e. The molecule has 1 heterocycles. The lowest BCUT2D eigenvalue weighted by atomic mass is 9.86. The molecule has 0 saturated heterocycles. The Hall–Kier alpha value is -3.14. The molecule has 4 rings (SSSR count). The Balaban J connectivity index is 1.21. The van der Waals surface area contributed by atoms with E-state index in [-0.39, 0.29) is 35.3 Å². The topological polar surface area (TPSA) is 122 Å². The molecule has 41 heavy (non-hydrogen) atoms. The number of allylic oxidation sites excluding steroid dienone is 1. The number of ketones is 2. The number of hydrogen-bond acceptors (Lipinski definition) is 8. The highest BCUT2D eigenvalue weighted by atomic mass is 16.5. The van der Waals surface area contributed by atoms with Crippen LogP contribution in [0.3, 0.4) is 0 Å². The minimum absolute atomic E-state index is 0.0908. The van der Waals surface area contributed by atoms with Gasteiger partial charge in [-0.2, -0.15) is 0 Å². The molecule has 9 heteroatoms. The zero-order valence-corrected chi connectivity index (χ0v) is 24.2. The maximum atomic E-state index is 13.3. The number of rotatable bonds is 14. The molecule has 2 saturated carbocycles. The molecule has 1 aromatic rings. The predicted octanol–water partition coefficient (Wildman–Crippen LogP) is 3.74. The third kappa shape index (κ3) is 7.58. The Kier molecular flexibility index (Phi) is 11.0. The van der Waals surface area contributed by atoms with Gasteiger partial charge >= 0.3 is 0 Å². The lowest BCUT2D eigenvalue weighted by molar-refractivity contribution is -0.126. The molecule has 222 valence electrons. The number of Topliss-reactive ketones (excluding diaryl/α,β-unsaturated/α-hetero) is 2. The zero-order valence-electron chi connectivity index (χ0n) is 24.2. The number of anilines is 1. The van der Waals surface area contributed by atoms with Crippen molar-refractivity contribution in [3.05, 3.63) is 53.6 Å². The van der Waals surface area contributed by atoms with Gasteiger partial charge in [-0.05, 0) is 69.5 Å². The van der Waals surface area contributed by atoms with Crippen molar-refractivity contribution in [2.75, 3.05) is 44.7 Å². The van der Waals surface area contributed by atoms with E-state index < -0.39 is 23.6 Å². The number of nitrogens with one attached hydrogen (secondary N) is 1. The molecule has 3 N–H and O–H groups in total. The van der Waals surface area contributed by atoms with Crippen LogP contribution in [-0.2, 0) is 14.3 Å². The van der Waals surface area contributed by atoms with Crippen LogP contribution < -0.4 is 11.1 Å². The molecule has 0 aromatic heterocycles. The second-order valence-electron chi connectivity index (χ2n) is 11.3. The fourth-order valence-corrected chi connectivity index (χ4v) is 5.96. The molecule has 0 bridgehead atoms. The van der Waals surface area contributed by atoms with Crippen molar-refractivity contribution >= 4 is 29.1 Å². The average Bonchev–Trinajstić information content (AvgIpc) is 3.22. The van der Waals surface area contributed by atoms with Crippen LogP contribution in [0.15, 0.2) is 42.5 Å². The lowest BCUT2D eigenvalue weighted by Crippen LogP contribution is -2.48. The fourth-order valence-electron chi connectivity index (χ4n) is 5.96. The average molecular weight is 565 g/mol. The SMILES string of the molecule is C=C1C(=O)CCC(N2C(=O)c3cccc(NCCOCCN(CCC)CC/C=C\C4CCC(N)CC4)c3C2=O)C1=O. The maximum Gasteiger partial charge on any atom is 0.264 e. The minimum Gasteiger partial charge on any atom is -0.382 e. The van der Waals surface area contributed by atoms with Crippen LogP contribution in [0.5, 0.6) is 0 Å². The summed E-state index contributed by atoms with van der Waals surface area (Å²) in [4.78, 5) is 54.3.